The van der Waals surface area contributed by atoms with Crippen molar-refractivity contribution in [2.24, 2.45) is 0 Å². The summed E-state index contributed by atoms with van der Waals surface area (Å²) >= 11 is 7.47. The Morgan fingerprint density at radius 2 is 1.77 bits per heavy atom. The van der Waals surface area contributed by atoms with Gasteiger partial charge in [0.05, 0.1) is 6.20 Å². The lowest BCUT2D eigenvalue weighted by molar-refractivity contribution is 0.431. The SMILES string of the molecule is Oc1ccc(NSN2CCN(c3ccc(Cl)cc3)CC2)nc1. The fraction of sp³-hybridized carbons (Fsp3) is 0.267. The molecule has 1 saturated heterocycles. The summed E-state index contributed by atoms with van der Waals surface area (Å²) in [6, 6.07) is 11.3. The van der Waals surface area contributed by atoms with Gasteiger partial charge in [0.2, 0.25) is 0 Å². The number of benzene rings is 1. The van der Waals surface area contributed by atoms with Gasteiger partial charge in [-0.1, -0.05) is 11.6 Å². The third kappa shape index (κ3) is 3.97. The van der Waals surface area contributed by atoms with Gasteiger partial charge in [-0.05, 0) is 36.4 Å². The van der Waals surface area contributed by atoms with Gasteiger partial charge in [0.25, 0.3) is 0 Å². The first-order chi connectivity index (χ1) is 10.7. The van der Waals surface area contributed by atoms with Crippen LogP contribution >= 0.6 is 23.7 Å². The van der Waals surface area contributed by atoms with Crippen molar-refractivity contribution >= 4 is 35.2 Å². The number of hydrogen-bond acceptors (Lipinski definition) is 6. The number of aromatic hydroxyl groups is 1. The molecule has 0 amide bonds. The van der Waals surface area contributed by atoms with Gasteiger partial charge in [0.1, 0.15) is 11.6 Å². The van der Waals surface area contributed by atoms with Crippen LogP contribution in [0.15, 0.2) is 42.6 Å². The van der Waals surface area contributed by atoms with E-state index in [0.717, 1.165) is 37.0 Å². The fourth-order valence-electron chi connectivity index (χ4n) is 2.25. The summed E-state index contributed by atoms with van der Waals surface area (Å²) in [7, 11) is 0. The molecule has 2 aromatic rings. The van der Waals surface area contributed by atoms with Crippen LogP contribution in [0.4, 0.5) is 11.5 Å². The van der Waals surface area contributed by atoms with Crippen LogP contribution in [0.1, 0.15) is 0 Å². The van der Waals surface area contributed by atoms with Crippen LogP contribution in [0.25, 0.3) is 0 Å². The summed E-state index contributed by atoms with van der Waals surface area (Å²) in [6.07, 6.45) is 1.43. The van der Waals surface area contributed by atoms with Gasteiger partial charge < -0.3 is 14.7 Å². The van der Waals surface area contributed by atoms with Crippen LogP contribution in [-0.4, -0.2) is 40.6 Å². The topological polar surface area (TPSA) is 51.6 Å². The lowest BCUT2D eigenvalue weighted by Gasteiger charge is -2.35. The number of halogens is 1. The van der Waals surface area contributed by atoms with Gasteiger partial charge in [-0.25, -0.2) is 9.29 Å². The second kappa shape index (κ2) is 7.09. The quantitative estimate of drug-likeness (QED) is 0.836. The molecule has 1 aromatic heterocycles. The molecule has 3 rings (SSSR count). The van der Waals surface area contributed by atoms with E-state index in [4.69, 9.17) is 11.6 Å². The Balaban J connectivity index is 1.47. The van der Waals surface area contributed by atoms with Crippen LogP contribution in [0, 0.1) is 0 Å². The average Bonchev–Trinajstić information content (AvgIpc) is 2.56. The van der Waals surface area contributed by atoms with Gasteiger partial charge >= 0.3 is 0 Å². The Morgan fingerprint density at radius 1 is 1.05 bits per heavy atom. The Kier molecular flexibility index (Phi) is 4.92. The Hall–Kier alpha value is -1.63. The van der Waals surface area contributed by atoms with Crippen molar-refractivity contribution in [3.8, 4) is 5.75 Å². The van der Waals surface area contributed by atoms with E-state index in [2.05, 4.69) is 31.0 Å². The maximum atomic E-state index is 9.21. The minimum Gasteiger partial charge on any atom is -0.506 e. The third-order valence-corrected chi connectivity index (χ3v) is 4.63. The molecule has 0 radical (unpaired) electrons. The Bertz CT molecular complexity index is 600. The van der Waals surface area contributed by atoms with Crippen LogP contribution in [-0.2, 0) is 0 Å². The summed E-state index contributed by atoms with van der Waals surface area (Å²) in [5.74, 6) is 0.912. The van der Waals surface area contributed by atoms with Crippen molar-refractivity contribution in [1.82, 2.24) is 9.29 Å². The second-order valence-electron chi connectivity index (χ2n) is 4.99. The molecule has 1 aliphatic heterocycles. The lowest BCUT2D eigenvalue weighted by atomic mass is 10.2. The zero-order chi connectivity index (χ0) is 15.4. The number of pyridine rings is 1. The number of anilines is 2. The van der Waals surface area contributed by atoms with Crippen molar-refractivity contribution in [3.63, 3.8) is 0 Å². The fourth-order valence-corrected chi connectivity index (χ4v) is 3.06. The number of aromatic nitrogens is 1. The Morgan fingerprint density at radius 3 is 2.41 bits per heavy atom. The minimum atomic E-state index is 0.173. The van der Waals surface area contributed by atoms with Gasteiger partial charge in [0.15, 0.2) is 0 Å². The Labute approximate surface area is 139 Å². The predicted molar refractivity (Wildman–Crippen MR) is 92.4 cm³/mol. The van der Waals surface area contributed by atoms with E-state index in [1.165, 1.54) is 11.9 Å². The molecule has 0 bridgehead atoms. The van der Waals surface area contributed by atoms with Crippen LogP contribution < -0.4 is 9.62 Å². The molecule has 116 valence electrons. The van der Waals surface area contributed by atoms with E-state index < -0.39 is 0 Å². The number of nitrogens with one attached hydrogen (secondary N) is 1. The van der Waals surface area contributed by atoms with Gasteiger partial charge in [-0.3, -0.25) is 0 Å². The maximum Gasteiger partial charge on any atom is 0.137 e. The van der Waals surface area contributed by atoms with Gasteiger partial charge in [0, 0.05) is 49.0 Å². The highest BCUT2D eigenvalue weighted by Crippen LogP contribution is 2.22. The molecule has 0 atom stereocenters. The lowest BCUT2D eigenvalue weighted by Crippen LogP contribution is -2.43. The highest BCUT2D eigenvalue weighted by molar-refractivity contribution is 7.98. The molecule has 0 saturated carbocycles. The molecule has 5 nitrogen and oxygen atoms in total. The van der Waals surface area contributed by atoms with Crippen molar-refractivity contribution in [2.45, 2.75) is 0 Å². The molecule has 1 fully saturated rings. The summed E-state index contributed by atoms with van der Waals surface area (Å²) in [5, 5.41) is 9.97. The van der Waals surface area contributed by atoms with Crippen LogP contribution in [0.5, 0.6) is 5.75 Å². The molecule has 0 unspecified atom stereocenters. The number of hydrogen-bond donors (Lipinski definition) is 2. The van der Waals surface area contributed by atoms with Gasteiger partial charge in [-0.2, -0.15) is 0 Å². The zero-order valence-corrected chi connectivity index (χ0v) is 13.5. The molecule has 0 spiro atoms. The zero-order valence-electron chi connectivity index (χ0n) is 11.9. The highest BCUT2D eigenvalue weighted by Gasteiger charge is 2.17. The third-order valence-electron chi connectivity index (χ3n) is 3.46. The largest absolute Gasteiger partial charge is 0.506 e. The molecule has 2 N–H and O–H groups in total. The van der Waals surface area contributed by atoms with Crippen LogP contribution in [0.3, 0.4) is 0 Å². The second-order valence-corrected chi connectivity index (χ2v) is 6.33. The maximum absolute atomic E-state index is 9.21. The summed E-state index contributed by atoms with van der Waals surface area (Å²) in [6.45, 7) is 3.86. The van der Waals surface area contributed by atoms with Crippen molar-refractivity contribution in [2.75, 3.05) is 35.8 Å². The van der Waals surface area contributed by atoms with E-state index in [-0.39, 0.29) is 5.75 Å². The summed E-state index contributed by atoms with van der Waals surface area (Å²) < 4.78 is 5.45. The van der Waals surface area contributed by atoms with E-state index in [1.807, 2.05) is 12.1 Å². The van der Waals surface area contributed by atoms with Crippen molar-refractivity contribution in [1.29, 1.82) is 0 Å². The molecule has 22 heavy (non-hydrogen) atoms. The van der Waals surface area contributed by atoms with Crippen molar-refractivity contribution in [3.05, 3.63) is 47.6 Å². The van der Waals surface area contributed by atoms with Crippen molar-refractivity contribution < 1.29 is 5.11 Å². The average molecular weight is 337 g/mol. The molecule has 7 heteroatoms. The molecule has 2 heterocycles. The molecular formula is C15H17ClN4OS. The molecule has 1 aromatic carbocycles. The predicted octanol–water partition coefficient (Wildman–Crippen LogP) is 3.24. The summed E-state index contributed by atoms with van der Waals surface area (Å²) in [5.41, 5.74) is 1.21. The number of piperazine rings is 1. The normalized spacial score (nSPS) is 15.8. The molecule has 1 aliphatic rings. The monoisotopic (exact) mass is 336 g/mol. The number of rotatable bonds is 4. The smallest absolute Gasteiger partial charge is 0.137 e. The first-order valence-corrected chi connectivity index (χ1v) is 8.19. The van der Waals surface area contributed by atoms with E-state index in [1.54, 1.807) is 24.3 Å². The molecular weight excluding hydrogens is 320 g/mol. The number of nitrogens with zero attached hydrogens (tertiary/aromatic N) is 3. The van der Waals surface area contributed by atoms with Crippen LogP contribution in [0.2, 0.25) is 5.02 Å². The first-order valence-electron chi connectivity index (χ1n) is 7.04. The van der Waals surface area contributed by atoms with E-state index in [0.29, 0.717) is 0 Å². The minimum absolute atomic E-state index is 0.173. The van der Waals surface area contributed by atoms with E-state index >= 15 is 0 Å². The van der Waals surface area contributed by atoms with Gasteiger partial charge in [-0.15, -0.1) is 0 Å². The first kappa shape index (κ1) is 15.3. The summed E-state index contributed by atoms with van der Waals surface area (Å²) in [4.78, 5) is 6.46. The van der Waals surface area contributed by atoms with E-state index in [9.17, 15) is 5.11 Å². The molecule has 0 aliphatic carbocycles. The standard InChI is InChI=1S/C15H17ClN4OS/c16-12-1-3-13(4-2-12)19-7-9-20(10-8-19)22-18-15-6-5-14(21)11-17-15/h1-6,11,21H,7-10H2,(H,17,18). The highest BCUT2D eigenvalue weighted by atomic mass is 35.5.